The molecule has 5 nitrogen and oxygen atoms in total. The molecule has 1 saturated carbocycles. The van der Waals surface area contributed by atoms with Crippen LogP contribution in [0.5, 0.6) is 0 Å². The van der Waals surface area contributed by atoms with E-state index in [-0.39, 0.29) is 11.8 Å². The zero-order valence-corrected chi connectivity index (χ0v) is 11.3. The lowest BCUT2D eigenvalue weighted by Crippen LogP contribution is -2.21. The van der Waals surface area contributed by atoms with Crippen LogP contribution in [0.1, 0.15) is 12.8 Å². The third-order valence-electron chi connectivity index (χ3n) is 2.83. The number of aliphatic hydroxyl groups excluding tert-OH is 1. The molecule has 1 atom stereocenters. The first kappa shape index (κ1) is 12.6. The fourth-order valence-corrected chi connectivity index (χ4v) is 2.31. The summed E-state index contributed by atoms with van der Waals surface area (Å²) in [5.41, 5.74) is 0.915. The van der Waals surface area contributed by atoms with Crippen molar-refractivity contribution in [3.05, 3.63) is 31.9 Å². The normalized spacial score (nSPS) is 16.6. The highest BCUT2D eigenvalue weighted by atomic mass is 127. The number of hydrogen-bond acceptors (Lipinski definition) is 4. The third-order valence-corrected chi connectivity index (χ3v) is 3.72. The van der Waals surface area contributed by atoms with E-state index in [0.29, 0.717) is 12.5 Å². The van der Waals surface area contributed by atoms with E-state index in [2.05, 4.69) is 27.9 Å². The molecule has 1 aromatic rings. The molecule has 1 aromatic carbocycles. The van der Waals surface area contributed by atoms with Gasteiger partial charge in [0.15, 0.2) is 0 Å². The van der Waals surface area contributed by atoms with Gasteiger partial charge in [0.25, 0.3) is 5.69 Å². The van der Waals surface area contributed by atoms with Gasteiger partial charge in [0.1, 0.15) is 0 Å². The number of nitro benzene ring substituents is 1. The molecule has 0 saturated heterocycles. The summed E-state index contributed by atoms with van der Waals surface area (Å²) >= 11 is 2.05. The number of nitrogens with one attached hydrogen (secondary N) is 1. The van der Waals surface area contributed by atoms with E-state index in [1.165, 1.54) is 12.1 Å². The summed E-state index contributed by atoms with van der Waals surface area (Å²) in [6.07, 6.45) is 1.88. The van der Waals surface area contributed by atoms with Crippen molar-refractivity contribution in [2.24, 2.45) is 5.92 Å². The smallest absolute Gasteiger partial charge is 0.270 e. The number of nitrogens with zero attached hydrogens (tertiary/aromatic N) is 1. The molecule has 0 bridgehead atoms. The SMILES string of the molecule is O=[N+]([O-])c1ccc(NCC(O)C2CC2)c(I)c1. The van der Waals surface area contributed by atoms with Gasteiger partial charge in [-0.1, -0.05) is 0 Å². The van der Waals surface area contributed by atoms with Gasteiger partial charge in [-0.3, -0.25) is 10.1 Å². The van der Waals surface area contributed by atoms with E-state index in [1.54, 1.807) is 6.07 Å². The van der Waals surface area contributed by atoms with Crippen LogP contribution in [0, 0.1) is 19.6 Å². The number of non-ortho nitro benzene ring substituents is 1. The third kappa shape index (κ3) is 3.29. The van der Waals surface area contributed by atoms with Crippen molar-refractivity contribution < 1.29 is 10.0 Å². The number of halogens is 1. The fourth-order valence-electron chi connectivity index (χ4n) is 1.62. The van der Waals surface area contributed by atoms with Gasteiger partial charge in [0, 0.05) is 27.9 Å². The molecular formula is C11H13IN2O3. The largest absolute Gasteiger partial charge is 0.391 e. The van der Waals surface area contributed by atoms with E-state index >= 15 is 0 Å². The van der Waals surface area contributed by atoms with Crippen LogP contribution in [-0.2, 0) is 0 Å². The van der Waals surface area contributed by atoms with E-state index in [9.17, 15) is 15.2 Å². The molecule has 17 heavy (non-hydrogen) atoms. The summed E-state index contributed by atoms with van der Waals surface area (Å²) in [4.78, 5) is 10.2. The van der Waals surface area contributed by atoms with Gasteiger partial charge in [-0.2, -0.15) is 0 Å². The molecule has 1 aliphatic rings. The van der Waals surface area contributed by atoms with Gasteiger partial charge in [-0.05, 0) is 47.4 Å². The second kappa shape index (κ2) is 5.18. The van der Waals surface area contributed by atoms with Gasteiger partial charge in [-0.15, -0.1) is 0 Å². The monoisotopic (exact) mass is 348 g/mol. The van der Waals surface area contributed by atoms with E-state index in [4.69, 9.17) is 0 Å². The Kier molecular flexibility index (Phi) is 3.82. The maximum Gasteiger partial charge on any atom is 0.270 e. The van der Waals surface area contributed by atoms with Crippen molar-refractivity contribution in [2.45, 2.75) is 18.9 Å². The first-order chi connectivity index (χ1) is 8.08. The molecule has 1 unspecified atom stereocenters. The van der Waals surface area contributed by atoms with Crippen LogP contribution >= 0.6 is 22.6 Å². The molecule has 0 amide bonds. The predicted octanol–water partition coefficient (Wildman–Crippen LogP) is 2.38. The summed E-state index contributed by atoms with van der Waals surface area (Å²) in [6.45, 7) is 0.498. The quantitative estimate of drug-likeness (QED) is 0.487. The van der Waals surface area contributed by atoms with Gasteiger partial charge in [0.05, 0.1) is 11.0 Å². The van der Waals surface area contributed by atoms with Gasteiger partial charge < -0.3 is 10.4 Å². The Labute approximate surface area is 113 Å². The standard InChI is InChI=1S/C11H13IN2O3/c12-9-5-8(14(16)17)3-4-10(9)13-6-11(15)7-1-2-7/h3-5,7,11,13,15H,1-2,6H2. The summed E-state index contributed by atoms with van der Waals surface area (Å²) in [6, 6.07) is 4.67. The summed E-state index contributed by atoms with van der Waals surface area (Å²) in [7, 11) is 0. The van der Waals surface area contributed by atoms with Gasteiger partial charge in [0.2, 0.25) is 0 Å². The number of rotatable bonds is 5. The maximum absolute atomic E-state index is 10.6. The molecule has 92 valence electrons. The van der Waals surface area contributed by atoms with Crippen LogP contribution in [-0.4, -0.2) is 22.7 Å². The highest BCUT2D eigenvalue weighted by molar-refractivity contribution is 14.1. The van der Waals surface area contributed by atoms with Crippen LogP contribution in [0.2, 0.25) is 0 Å². The van der Waals surface area contributed by atoms with Crippen LogP contribution in [0.15, 0.2) is 18.2 Å². The van der Waals surface area contributed by atoms with Crippen molar-refractivity contribution in [3.63, 3.8) is 0 Å². The van der Waals surface area contributed by atoms with Crippen molar-refractivity contribution in [3.8, 4) is 0 Å². The van der Waals surface area contributed by atoms with Crippen LogP contribution in [0.25, 0.3) is 0 Å². The molecule has 0 aliphatic heterocycles. The number of nitro groups is 1. The molecule has 1 aliphatic carbocycles. The molecule has 0 radical (unpaired) electrons. The Balaban J connectivity index is 1.98. The minimum atomic E-state index is -0.412. The first-order valence-corrected chi connectivity index (χ1v) is 6.51. The molecule has 1 fully saturated rings. The lowest BCUT2D eigenvalue weighted by Gasteiger charge is -2.12. The highest BCUT2D eigenvalue weighted by Gasteiger charge is 2.29. The van der Waals surface area contributed by atoms with Crippen molar-refractivity contribution in [1.29, 1.82) is 0 Å². The molecule has 6 heteroatoms. The lowest BCUT2D eigenvalue weighted by atomic mass is 10.2. The minimum Gasteiger partial charge on any atom is -0.391 e. The van der Waals surface area contributed by atoms with Gasteiger partial charge in [-0.25, -0.2) is 0 Å². The number of hydrogen-bond donors (Lipinski definition) is 2. The predicted molar refractivity (Wildman–Crippen MR) is 73.0 cm³/mol. The molecule has 2 rings (SSSR count). The summed E-state index contributed by atoms with van der Waals surface area (Å²) in [5.74, 6) is 0.429. The molecule has 0 heterocycles. The Morgan fingerprint density at radius 1 is 1.59 bits per heavy atom. The number of benzene rings is 1. The molecular weight excluding hydrogens is 335 g/mol. The van der Waals surface area contributed by atoms with Crippen LogP contribution in [0.3, 0.4) is 0 Å². The topological polar surface area (TPSA) is 75.4 Å². The van der Waals surface area contributed by atoms with Crippen molar-refractivity contribution >= 4 is 34.0 Å². The second-order valence-electron chi connectivity index (χ2n) is 4.21. The van der Waals surface area contributed by atoms with Crippen LogP contribution in [0.4, 0.5) is 11.4 Å². The zero-order valence-electron chi connectivity index (χ0n) is 9.10. The van der Waals surface area contributed by atoms with E-state index < -0.39 is 4.92 Å². The molecule has 2 N–H and O–H groups in total. The summed E-state index contributed by atoms with van der Waals surface area (Å²) < 4.78 is 0.791. The zero-order chi connectivity index (χ0) is 12.4. The minimum absolute atomic E-state index is 0.0858. The summed E-state index contributed by atoms with van der Waals surface area (Å²) in [5, 5.41) is 23.4. The fraction of sp³-hybridized carbons (Fsp3) is 0.455. The molecule has 0 spiro atoms. The Bertz CT molecular complexity index is 435. The van der Waals surface area contributed by atoms with Crippen molar-refractivity contribution in [1.82, 2.24) is 0 Å². The van der Waals surface area contributed by atoms with Crippen LogP contribution < -0.4 is 5.32 Å². The van der Waals surface area contributed by atoms with E-state index in [1.807, 2.05) is 0 Å². The average molecular weight is 348 g/mol. The van der Waals surface area contributed by atoms with Crippen molar-refractivity contribution in [2.75, 3.05) is 11.9 Å². The second-order valence-corrected chi connectivity index (χ2v) is 5.37. The maximum atomic E-state index is 10.6. The highest BCUT2D eigenvalue weighted by Crippen LogP contribution is 2.33. The Morgan fingerprint density at radius 3 is 2.82 bits per heavy atom. The lowest BCUT2D eigenvalue weighted by molar-refractivity contribution is -0.384. The first-order valence-electron chi connectivity index (χ1n) is 5.44. The Hall–Kier alpha value is -0.890. The Morgan fingerprint density at radius 2 is 2.29 bits per heavy atom. The molecule has 0 aromatic heterocycles. The average Bonchev–Trinajstić information content (AvgIpc) is 3.10. The van der Waals surface area contributed by atoms with Gasteiger partial charge >= 0.3 is 0 Å². The van der Waals surface area contributed by atoms with E-state index in [0.717, 1.165) is 22.1 Å². The number of aliphatic hydroxyl groups is 1. The number of anilines is 1.